The summed E-state index contributed by atoms with van der Waals surface area (Å²) in [6, 6.07) is 7.38. The maximum atomic E-state index is 12.1. The fraction of sp³-hybridized carbons (Fsp3) is 0.500. The SMILES string of the molecule is CC(C(=O)NCc1ccc(Cl)cc1)N1CCOCC1. The summed E-state index contributed by atoms with van der Waals surface area (Å²) in [7, 11) is 0. The highest BCUT2D eigenvalue weighted by atomic mass is 35.5. The average Bonchev–Trinajstić information content (AvgIpc) is 2.46. The van der Waals surface area contributed by atoms with Crippen molar-refractivity contribution in [3.05, 3.63) is 34.9 Å². The van der Waals surface area contributed by atoms with E-state index in [1.807, 2.05) is 31.2 Å². The topological polar surface area (TPSA) is 41.6 Å². The largest absolute Gasteiger partial charge is 0.379 e. The van der Waals surface area contributed by atoms with Gasteiger partial charge in [-0.3, -0.25) is 9.69 Å². The van der Waals surface area contributed by atoms with Crippen molar-refractivity contribution in [3.63, 3.8) is 0 Å². The zero-order valence-corrected chi connectivity index (χ0v) is 11.8. The van der Waals surface area contributed by atoms with Crippen LogP contribution in [0.2, 0.25) is 5.02 Å². The lowest BCUT2D eigenvalue weighted by Crippen LogP contribution is -2.49. The molecule has 104 valence electrons. The summed E-state index contributed by atoms with van der Waals surface area (Å²) in [5.41, 5.74) is 1.05. The Morgan fingerprint density at radius 3 is 2.63 bits per heavy atom. The third kappa shape index (κ3) is 4.20. The number of nitrogens with one attached hydrogen (secondary N) is 1. The standard InChI is InChI=1S/C14H19ClN2O2/c1-11(17-6-8-19-9-7-17)14(18)16-10-12-2-4-13(15)5-3-12/h2-5,11H,6-10H2,1H3,(H,16,18). The lowest BCUT2D eigenvalue weighted by molar-refractivity contribution is -0.127. The number of ether oxygens (including phenoxy) is 1. The van der Waals surface area contributed by atoms with E-state index in [1.54, 1.807) is 0 Å². The lowest BCUT2D eigenvalue weighted by Gasteiger charge is -2.31. The van der Waals surface area contributed by atoms with Crippen molar-refractivity contribution in [1.29, 1.82) is 0 Å². The monoisotopic (exact) mass is 282 g/mol. The summed E-state index contributed by atoms with van der Waals surface area (Å²) in [6.45, 7) is 5.50. The van der Waals surface area contributed by atoms with Gasteiger partial charge in [-0.05, 0) is 24.6 Å². The van der Waals surface area contributed by atoms with Crippen LogP contribution >= 0.6 is 11.6 Å². The molecule has 1 aliphatic rings. The molecular formula is C14H19ClN2O2. The van der Waals surface area contributed by atoms with Crippen LogP contribution in [0, 0.1) is 0 Å². The minimum Gasteiger partial charge on any atom is -0.379 e. The number of amides is 1. The first-order chi connectivity index (χ1) is 9.16. The van der Waals surface area contributed by atoms with Crippen LogP contribution in [-0.2, 0) is 16.1 Å². The van der Waals surface area contributed by atoms with Gasteiger partial charge in [0, 0.05) is 24.7 Å². The van der Waals surface area contributed by atoms with Crippen LogP contribution in [0.15, 0.2) is 24.3 Å². The quantitative estimate of drug-likeness (QED) is 0.914. The second kappa shape index (κ2) is 6.89. The van der Waals surface area contributed by atoms with Crippen LogP contribution < -0.4 is 5.32 Å². The minimum atomic E-state index is -0.115. The third-order valence-corrected chi connectivity index (χ3v) is 3.60. The molecular weight excluding hydrogens is 264 g/mol. The molecule has 1 N–H and O–H groups in total. The zero-order chi connectivity index (χ0) is 13.7. The van der Waals surface area contributed by atoms with E-state index in [0.29, 0.717) is 24.8 Å². The molecule has 0 bridgehead atoms. The number of carbonyl (C=O) groups excluding carboxylic acids is 1. The molecule has 0 radical (unpaired) electrons. The van der Waals surface area contributed by atoms with E-state index in [4.69, 9.17) is 16.3 Å². The van der Waals surface area contributed by atoms with E-state index < -0.39 is 0 Å². The van der Waals surface area contributed by atoms with Crippen LogP contribution in [0.1, 0.15) is 12.5 Å². The maximum absolute atomic E-state index is 12.1. The molecule has 1 heterocycles. The molecule has 19 heavy (non-hydrogen) atoms. The predicted octanol–water partition coefficient (Wildman–Crippen LogP) is 1.68. The van der Waals surface area contributed by atoms with Crippen molar-refractivity contribution in [3.8, 4) is 0 Å². The molecule has 1 aliphatic heterocycles. The van der Waals surface area contributed by atoms with Crippen LogP contribution in [-0.4, -0.2) is 43.2 Å². The molecule has 1 amide bonds. The number of carbonyl (C=O) groups is 1. The van der Waals surface area contributed by atoms with Gasteiger partial charge in [0.15, 0.2) is 0 Å². The van der Waals surface area contributed by atoms with Crippen molar-refractivity contribution in [2.75, 3.05) is 26.3 Å². The molecule has 0 aromatic heterocycles. The highest BCUT2D eigenvalue weighted by molar-refractivity contribution is 6.30. The van der Waals surface area contributed by atoms with Crippen LogP contribution in [0.5, 0.6) is 0 Å². The Labute approximate surface area is 118 Å². The molecule has 1 unspecified atom stereocenters. The number of hydrogen-bond donors (Lipinski definition) is 1. The number of halogens is 1. The van der Waals surface area contributed by atoms with Gasteiger partial charge in [-0.1, -0.05) is 23.7 Å². The summed E-state index contributed by atoms with van der Waals surface area (Å²) < 4.78 is 5.28. The van der Waals surface area contributed by atoms with Crippen molar-refractivity contribution in [1.82, 2.24) is 10.2 Å². The first-order valence-corrected chi connectivity index (χ1v) is 6.88. The van der Waals surface area contributed by atoms with E-state index in [9.17, 15) is 4.79 Å². The molecule has 1 aromatic carbocycles. The first kappa shape index (κ1) is 14.3. The van der Waals surface area contributed by atoms with Crippen molar-refractivity contribution in [2.24, 2.45) is 0 Å². The van der Waals surface area contributed by atoms with Crippen LogP contribution in [0.3, 0.4) is 0 Å². The summed E-state index contributed by atoms with van der Waals surface area (Å²) in [6.07, 6.45) is 0. The smallest absolute Gasteiger partial charge is 0.237 e. The zero-order valence-electron chi connectivity index (χ0n) is 11.1. The predicted molar refractivity (Wildman–Crippen MR) is 75.2 cm³/mol. The molecule has 0 spiro atoms. The Balaban J connectivity index is 1.81. The fourth-order valence-electron chi connectivity index (χ4n) is 2.07. The Bertz CT molecular complexity index is 416. The number of morpholine rings is 1. The third-order valence-electron chi connectivity index (χ3n) is 3.35. The molecule has 0 aliphatic carbocycles. The minimum absolute atomic E-state index is 0.0526. The van der Waals surface area contributed by atoms with E-state index in [0.717, 1.165) is 18.7 Å². The normalized spacial score (nSPS) is 18.0. The van der Waals surface area contributed by atoms with Gasteiger partial charge in [0.1, 0.15) is 0 Å². The Morgan fingerprint density at radius 1 is 1.37 bits per heavy atom. The van der Waals surface area contributed by atoms with Gasteiger partial charge >= 0.3 is 0 Å². The van der Waals surface area contributed by atoms with Crippen molar-refractivity contribution >= 4 is 17.5 Å². The van der Waals surface area contributed by atoms with Crippen molar-refractivity contribution < 1.29 is 9.53 Å². The number of benzene rings is 1. The number of nitrogens with zero attached hydrogens (tertiary/aromatic N) is 1. The van der Waals surface area contributed by atoms with Gasteiger partial charge in [0.05, 0.1) is 19.3 Å². The average molecular weight is 283 g/mol. The van der Waals surface area contributed by atoms with E-state index in [2.05, 4.69) is 10.2 Å². The van der Waals surface area contributed by atoms with Gasteiger partial charge in [0.25, 0.3) is 0 Å². The second-order valence-corrected chi connectivity index (χ2v) is 5.11. The van der Waals surface area contributed by atoms with E-state index in [1.165, 1.54) is 0 Å². The van der Waals surface area contributed by atoms with Crippen LogP contribution in [0.4, 0.5) is 0 Å². The van der Waals surface area contributed by atoms with Gasteiger partial charge in [-0.25, -0.2) is 0 Å². The van der Waals surface area contributed by atoms with E-state index >= 15 is 0 Å². The molecule has 1 atom stereocenters. The second-order valence-electron chi connectivity index (χ2n) is 4.67. The lowest BCUT2D eigenvalue weighted by atomic mass is 10.2. The molecule has 0 saturated carbocycles. The summed E-state index contributed by atoms with van der Waals surface area (Å²) >= 11 is 5.82. The van der Waals surface area contributed by atoms with E-state index in [-0.39, 0.29) is 11.9 Å². The van der Waals surface area contributed by atoms with Crippen LogP contribution in [0.25, 0.3) is 0 Å². The number of hydrogen-bond acceptors (Lipinski definition) is 3. The van der Waals surface area contributed by atoms with Gasteiger partial charge in [-0.2, -0.15) is 0 Å². The molecule has 1 saturated heterocycles. The highest BCUT2D eigenvalue weighted by Crippen LogP contribution is 2.09. The number of rotatable bonds is 4. The maximum Gasteiger partial charge on any atom is 0.237 e. The molecule has 1 aromatic rings. The Kier molecular flexibility index (Phi) is 5.19. The molecule has 5 heteroatoms. The Hall–Kier alpha value is -1.10. The van der Waals surface area contributed by atoms with Gasteiger partial charge in [0.2, 0.25) is 5.91 Å². The molecule has 2 rings (SSSR count). The highest BCUT2D eigenvalue weighted by Gasteiger charge is 2.22. The summed E-state index contributed by atoms with van der Waals surface area (Å²) in [4.78, 5) is 14.2. The molecule has 1 fully saturated rings. The van der Waals surface area contributed by atoms with Crippen molar-refractivity contribution in [2.45, 2.75) is 19.5 Å². The van der Waals surface area contributed by atoms with Gasteiger partial charge < -0.3 is 10.1 Å². The molecule has 4 nitrogen and oxygen atoms in total. The Morgan fingerprint density at radius 2 is 2.00 bits per heavy atom. The first-order valence-electron chi connectivity index (χ1n) is 6.51. The fourth-order valence-corrected chi connectivity index (χ4v) is 2.20. The van der Waals surface area contributed by atoms with Gasteiger partial charge in [-0.15, -0.1) is 0 Å². The summed E-state index contributed by atoms with van der Waals surface area (Å²) in [5.74, 6) is 0.0526. The summed E-state index contributed by atoms with van der Waals surface area (Å²) in [5, 5.41) is 3.66.